The number of nitrogens with one attached hydrogen (secondary N) is 3. The number of amides is 1. The molecule has 178 valence electrons. The van der Waals surface area contributed by atoms with E-state index in [4.69, 9.17) is 27.9 Å². The lowest BCUT2D eigenvalue weighted by Crippen LogP contribution is -2.62. The molecule has 1 aromatic carbocycles. The summed E-state index contributed by atoms with van der Waals surface area (Å²) in [4.78, 5) is 52.3. The molecule has 0 radical (unpaired) electrons. The third kappa shape index (κ3) is 4.29. The SMILES string of the molecule is CC(=O)OCC(=O)[C@@]1(NCC(=O)O)c2ccccc2C[C@H]1NC(=O)c1cc2sc(Cl)c(Cl)c2[nH]1. The van der Waals surface area contributed by atoms with Crippen LogP contribution in [0.25, 0.3) is 10.2 Å². The van der Waals surface area contributed by atoms with Gasteiger partial charge in [0, 0.05) is 6.92 Å². The van der Waals surface area contributed by atoms with E-state index in [9.17, 15) is 24.3 Å². The number of thiophene rings is 1. The van der Waals surface area contributed by atoms with E-state index in [1.54, 1.807) is 30.3 Å². The van der Waals surface area contributed by atoms with E-state index in [1.807, 2.05) is 0 Å². The van der Waals surface area contributed by atoms with Crippen molar-refractivity contribution >= 4 is 68.4 Å². The molecule has 3 aromatic rings. The number of carbonyl (C=O) groups is 4. The molecule has 1 aliphatic carbocycles. The van der Waals surface area contributed by atoms with E-state index in [0.29, 0.717) is 25.1 Å². The van der Waals surface area contributed by atoms with E-state index in [0.717, 1.165) is 5.56 Å². The zero-order valence-corrected chi connectivity index (χ0v) is 20.1. The number of benzene rings is 1. The molecular formula is C22H19Cl2N3O6S. The maximum absolute atomic E-state index is 13.4. The van der Waals surface area contributed by atoms with Gasteiger partial charge in [-0.25, -0.2) is 0 Å². The van der Waals surface area contributed by atoms with Gasteiger partial charge in [-0.3, -0.25) is 24.5 Å². The lowest BCUT2D eigenvalue weighted by Gasteiger charge is -2.36. The number of aromatic nitrogens is 1. The van der Waals surface area contributed by atoms with Crippen molar-refractivity contribution in [2.24, 2.45) is 0 Å². The second-order valence-electron chi connectivity index (χ2n) is 7.76. The van der Waals surface area contributed by atoms with E-state index in [-0.39, 0.29) is 12.1 Å². The Kier molecular flexibility index (Phi) is 6.68. The number of esters is 1. The number of aromatic amines is 1. The van der Waals surface area contributed by atoms with Crippen LogP contribution < -0.4 is 10.6 Å². The van der Waals surface area contributed by atoms with Gasteiger partial charge in [-0.15, -0.1) is 11.3 Å². The summed E-state index contributed by atoms with van der Waals surface area (Å²) in [5, 5.41) is 15.3. The fourth-order valence-corrected chi connectivity index (χ4v) is 5.72. The molecule has 0 spiro atoms. The molecule has 0 bridgehead atoms. The fraction of sp³-hybridized carbons (Fsp3) is 0.273. The minimum Gasteiger partial charge on any atom is -0.480 e. The highest BCUT2D eigenvalue weighted by Crippen LogP contribution is 2.40. The minimum atomic E-state index is -1.62. The molecule has 0 aliphatic heterocycles. The smallest absolute Gasteiger partial charge is 0.317 e. The van der Waals surface area contributed by atoms with Gasteiger partial charge in [0.25, 0.3) is 5.91 Å². The van der Waals surface area contributed by atoms with Crippen molar-refractivity contribution in [3.63, 3.8) is 0 Å². The highest BCUT2D eigenvalue weighted by molar-refractivity contribution is 7.23. The van der Waals surface area contributed by atoms with Gasteiger partial charge in [-0.1, -0.05) is 47.5 Å². The van der Waals surface area contributed by atoms with Crippen LogP contribution in [0, 0.1) is 0 Å². The number of hydrogen-bond donors (Lipinski definition) is 4. The van der Waals surface area contributed by atoms with Crippen molar-refractivity contribution < 1.29 is 29.0 Å². The summed E-state index contributed by atoms with van der Waals surface area (Å²) in [6.45, 7) is 0.0224. The number of ether oxygens (including phenoxy) is 1. The number of aliphatic carboxylic acids is 1. The third-order valence-electron chi connectivity index (χ3n) is 5.68. The number of rotatable bonds is 8. The molecule has 2 atom stereocenters. The van der Waals surface area contributed by atoms with Crippen LogP contribution in [-0.2, 0) is 31.1 Å². The summed E-state index contributed by atoms with van der Waals surface area (Å²) in [6, 6.07) is 7.72. The molecule has 0 saturated heterocycles. The molecule has 1 amide bonds. The quantitative estimate of drug-likeness (QED) is 0.333. The summed E-state index contributed by atoms with van der Waals surface area (Å²) in [5.74, 6) is -2.95. The molecule has 0 saturated carbocycles. The van der Waals surface area contributed by atoms with E-state index >= 15 is 0 Å². The summed E-state index contributed by atoms with van der Waals surface area (Å²) < 4.78 is 6.02. The number of Topliss-reactive ketones (excluding diaryl/α,β-unsaturated/α-hetero) is 1. The number of H-pyrrole nitrogens is 1. The monoisotopic (exact) mass is 523 g/mol. The van der Waals surface area contributed by atoms with Gasteiger partial charge in [0.1, 0.15) is 15.6 Å². The van der Waals surface area contributed by atoms with Crippen LogP contribution in [0.2, 0.25) is 9.36 Å². The average molecular weight is 524 g/mol. The van der Waals surface area contributed by atoms with Crippen molar-refractivity contribution in [3.05, 3.63) is 56.5 Å². The molecule has 2 aromatic heterocycles. The van der Waals surface area contributed by atoms with Gasteiger partial charge in [0.05, 0.1) is 27.8 Å². The van der Waals surface area contributed by atoms with Gasteiger partial charge < -0.3 is 20.1 Å². The predicted octanol–water partition coefficient (Wildman–Crippen LogP) is 2.89. The van der Waals surface area contributed by atoms with Crippen LogP contribution in [0.5, 0.6) is 0 Å². The molecule has 4 N–H and O–H groups in total. The molecule has 34 heavy (non-hydrogen) atoms. The van der Waals surface area contributed by atoms with Crippen molar-refractivity contribution in [2.75, 3.05) is 13.2 Å². The third-order valence-corrected chi connectivity index (χ3v) is 7.61. The first-order valence-corrected chi connectivity index (χ1v) is 11.7. The predicted molar refractivity (Wildman–Crippen MR) is 127 cm³/mol. The molecule has 12 heteroatoms. The summed E-state index contributed by atoms with van der Waals surface area (Å²) in [5.41, 5.74) is 0.378. The highest BCUT2D eigenvalue weighted by Gasteiger charge is 2.53. The Hall–Kier alpha value is -2.92. The fourth-order valence-electron chi connectivity index (χ4n) is 4.24. The molecule has 0 unspecified atom stereocenters. The van der Waals surface area contributed by atoms with E-state index in [2.05, 4.69) is 15.6 Å². The highest BCUT2D eigenvalue weighted by atomic mass is 35.5. The molecule has 9 nitrogen and oxygen atoms in total. The van der Waals surface area contributed by atoms with Gasteiger partial charge in [0.15, 0.2) is 12.4 Å². The van der Waals surface area contributed by atoms with Crippen LogP contribution in [0.3, 0.4) is 0 Å². The Morgan fingerprint density at radius 1 is 1.26 bits per heavy atom. The molecule has 4 rings (SSSR count). The largest absolute Gasteiger partial charge is 0.480 e. The molecule has 2 heterocycles. The standard InChI is InChI=1S/C22H19Cl2N3O6S/c1-10(28)33-9-16(29)22(25-8-17(30)31)12-5-3-2-4-11(12)6-15(22)27-21(32)13-7-14-19(26-13)18(23)20(24)34-14/h2-5,7,15,25-26H,6,8-9H2,1H3,(H,27,32)(H,30,31)/t15-,22-/m1/s1. The normalized spacial score (nSPS) is 19.1. The van der Waals surface area contributed by atoms with Gasteiger partial charge in [-0.2, -0.15) is 0 Å². The Morgan fingerprint density at radius 2 is 2.00 bits per heavy atom. The minimum absolute atomic E-state index is 0.204. The zero-order chi connectivity index (χ0) is 24.6. The summed E-state index contributed by atoms with van der Waals surface area (Å²) >= 11 is 13.4. The first-order chi connectivity index (χ1) is 16.1. The Bertz CT molecular complexity index is 1320. The van der Waals surface area contributed by atoms with Crippen LogP contribution in [0.1, 0.15) is 28.5 Å². The van der Waals surface area contributed by atoms with Crippen LogP contribution in [-0.4, -0.2) is 52.9 Å². The lowest BCUT2D eigenvalue weighted by atomic mass is 9.83. The first kappa shape index (κ1) is 24.2. The van der Waals surface area contributed by atoms with Crippen LogP contribution >= 0.6 is 34.5 Å². The van der Waals surface area contributed by atoms with Gasteiger partial charge in [-0.05, 0) is 23.6 Å². The maximum Gasteiger partial charge on any atom is 0.317 e. The van der Waals surface area contributed by atoms with Crippen molar-refractivity contribution in [2.45, 2.75) is 24.9 Å². The maximum atomic E-state index is 13.4. The number of carboxylic acids is 1. The van der Waals surface area contributed by atoms with Crippen molar-refractivity contribution in [1.82, 2.24) is 15.6 Å². The number of hydrogen-bond acceptors (Lipinski definition) is 7. The van der Waals surface area contributed by atoms with Crippen molar-refractivity contribution in [1.29, 1.82) is 0 Å². The van der Waals surface area contributed by atoms with E-state index in [1.165, 1.54) is 18.3 Å². The topological polar surface area (TPSA) is 138 Å². The molecule has 0 fully saturated rings. The number of ketones is 1. The first-order valence-electron chi connectivity index (χ1n) is 10.1. The number of halogens is 2. The molecule has 1 aliphatic rings. The Labute approximate surface area is 207 Å². The van der Waals surface area contributed by atoms with Crippen molar-refractivity contribution in [3.8, 4) is 0 Å². The Balaban J connectivity index is 1.71. The van der Waals surface area contributed by atoms with Gasteiger partial charge in [0.2, 0.25) is 0 Å². The number of fused-ring (bicyclic) bond motifs is 2. The number of carbonyl (C=O) groups excluding carboxylic acids is 3. The Morgan fingerprint density at radius 3 is 2.68 bits per heavy atom. The number of carboxylic acid groups (broad SMARTS) is 1. The lowest BCUT2D eigenvalue weighted by molar-refractivity contribution is -0.148. The van der Waals surface area contributed by atoms with Gasteiger partial charge >= 0.3 is 11.9 Å². The zero-order valence-electron chi connectivity index (χ0n) is 17.7. The second-order valence-corrected chi connectivity index (χ2v) is 9.79. The summed E-state index contributed by atoms with van der Waals surface area (Å²) in [6.07, 6.45) is 0.252. The molecular weight excluding hydrogens is 505 g/mol. The van der Waals surface area contributed by atoms with Crippen LogP contribution in [0.4, 0.5) is 0 Å². The van der Waals surface area contributed by atoms with Crippen LogP contribution in [0.15, 0.2) is 30.3 Å². The van der Waals surface area contributed by atoms with E-state index < -0.39 is 48.4 Å². The average Bonchev–Trinajstić information content (AvgIpc) is 3.42. The summed E-state index contributed by atoms with van der Waals surface area (Å²) in [7, 11) is 0. The second kappa shape index (κ2) is 9.38.